The lowest BCUT2D eigenvalue weighted by molar-refractivity contribution is -0.117. The highest BCUT2D eigenvalue weighted by molar-refractivity contribution is 9.10. The summed E-state index contributed by atoms with van der Waals surface area (Å²) in [6.45, 7) is 4.13. The molecule has 1 aromatic heterocycles. The minimum absolute atomic E-state index is 0.0573. The summed E-state index contributed by atoms with van der Waals surface area (Å²) in [4.78, 5) is 19.7. The topological polar surface area (TPSA) is 47.4 Å². The van der Waals surface area contributed by atoms with Crippen LogP contribution in [0.25, 0.3) is 11.0 Å². The van der Waals surface area contributed by atoms with Crippen LogP contribution in [0.15, 0.2) is 77.3 Å². The zero-order valence-electron chi connectivity index (χ0n) is 18.6. The lowest BCUT2D eigenvalue weighted by Crippen LogP contribution is -2.24. The molecule has 0 radical (unpaired) electrons. The highest BCUT2D eigenvalue weighted by Crippen LogP contribution is 2.34. The molecule has 6 heteroatoms. The van der Waals surface area contributed by atoms with Crippen molar-refractivity contribution in [1.29, 1.82) is 0 Å². The van der Waals surface area contributed by atoms with Gasteiger partial charge in [-0.05, 0) is 55.8 Å². The Kier molecular flexibility index (Phi) is 6.18. The van der Waals surface area contributed by atoms with Crippen LogP contribution in [-0.2, 0) is 11.3 Å². The molecule has 2 heterocycles. The molecule has 0 saturated carbocycles. The van der Waals surface area contributed by atoms with E-state index < -0.39 is 0 Å². The van der Waals surface area contributed by atoms with E-state index in [-0.39, 0.29) is 11.8 Å². The number of hydrogen-bond acceptors (Lipinski definition) is 3. The van der Waals surface area contributed by atoms with Crippen LogP contribution in [0.3, 0.4) is 0 Å². The van der Waals surface area contributed by atoms with Gasteiger partial charge in [0, 0.05) is 35.6 Å². The lowest BCUT2D eigenvalue weighted by Gasteiger charge is -2.18. The number of carbonyl (C=O) groups excluding carboxylic acids is 1. The number of para-hydroxylation sites is 2. The minimum Gasteiger partial charge on any atom is -0.494 e. The second kappa shape index (κ2) is 9.40. The summed E-state index contributed by atoms with van der Waals surface area (Å²) in [6, 6.07) is 24.2. The van der Waals surface area contributed by atoms with Crippen LogP contribution in [0.4, 0.5) is 5.69 Å². The van der Waals surface area contributed by atoms with Crippen molar-refractivity contribution in [3.8, 4) is 5.75 Å². The molecule has 0 aliphatic carbocycles. The number of aromatic nitrogens is 2. The van der Waals surface area contributed by atoms with Gasteiger partial charge in [0.15, 0.2) is 0 Å². The Balaban J connectivity index is 1.34. The van der Waals surface area contributed by atoms with E-state index in [1.54, 1.807) is 0 Å². The van der Waals surface area contributed by atoms with Crippen molar-refractivity contribution in [3.63, 3.8) is 0 Å². The summed E-state index contributed by atoms with van der Waals surface area (Å²) >= 11 is 3.51. The van der Waals surface area contributed by atoms with Crippen LogP contribution in [0, 0.1) is 6.92 Å². The van der Waals surface area contributed by atoms with Gasteiger partial charge in [-0.1, -0.05) is 51.8 Å². The Morgan fingerprint density at radius 2 is 1.88 bits per heavy atom. The molecule has 1 saturated heterocycles. The van der Waals surface area contributed by atoms with Gasteiger partial charge >= 0.3 is 0 Å². The summed E-state index contributed by atoms with van der Waals surface area (Å²) < 4.78 is 9.18. The first-order valence-electron chi connectivity index (χ1n) is 11.3. The Morgan fingerprint density at radius 1 is 1.06 bits per heavy atom. The fraction of sp³-hybridized carbons (Fsp3) is 0.259. The van der Waals surface area contributed by atoms with E-state index in [9.17, 15) is 4.79 Å². The number of amides is 1. The minimum atomic E-state index is 0.0573. The Morgan fingerprint density at radius 3 is 2.70 bits per heavy atom. The van der Waals surface area contributed by atoms with E-state index in [1.807, 2.05) is 59.5 Å². The molecule has 5 rings (SSSR count). The number of carbonyl (C=O) groups is 1. The van der Waals surface area contributed by atoms with Crippen LogP contribution >= 0.6 is 15.9 Å². The molecule has 4 aromatic rings. The normalized spacial score (nSPS) is 16.0. The molecule has 1 aliphatic rings. The zero-order chi connectivity index (χ0) is 22.8. The number of halogens is 1. The maximum atomic E-state index is 12.9. The summed E-state index contributed by atoms with van der Waals surface area (Å²) in [7, 11) is 0. The third-order valence-corrected chi connectivity index (χ3v) is 6.60. The molecule has 0 N–H and O–H groups in total. The van der Waals surface area contributed by atoms with E-state index in [2.05, 4.69) is 45.6 Å². The Bertz CT molecular complexity index is 1280. The molecule has 1 amide bonds. The van der Waals surface area contributed by atoms with Crippen LogP contribution in [0.5, 0.6) is 5.75 Å². The SMILES string of the molecule is Cc1ccc(OCCCn2c(C3CC(=O)N(c4cccc(Br)c4)C3)nc3ccccc32)cc1. The van der Waals surface area contributed by atoms with Gasteiger partial charge in [-0.15, -0.1) is 0 Å². The molecule has 168 valence electrons. The molecule has 3 aromatic carbocycles. The molecule has 1 unspecified atom stereocenters. The fourth-order valence-corrected chi connectivity index (χ4v) is 4.85. The van der Waals surface area contributed by atoms with Crippen molar-refractivity contribution in [2.24, 2.45) is 0 Å². The average Bonchev–Trinajstić information content (AvgIpc) is 3.38. The zero-order valence-corrected chi connectivity index (χ0v) is 20.2. The van der Waals surface area contributed by atoms with Gasteiger partial charge in [-0.2, -0.15) is 0 Å². The van der Waals surface area contributed by atoms with E-state index in [4.69, 9.17) is 9.72 Å². The van der Waals surface area contributed by atoms with E-state index >= 15 is 0 Å². The summed E-state index contributed by atoms with van der Waals surface area (Å²) in [6.07, 6.45) is 1.33. The number of imidazole rings is 1. The van der Waals surface area contributed by atoms with Gasteiger partial charge in [0.05, 0.1) is 17.6 Å². The number of anilines is 1. The molecular weight excluding hydrogens is 478 g/mol. The first kappa shape index (κ1) is 21.7. The molecular formula is C27H26BrN3O2. The second-order valence-electron chi connectivity index (χ2n) is 8.51. The van der Waals surface area contributed by atoms with Gasteiger partial charge in [0.2, 0.25) is 5.91 Å². The quantitative estimate of drug-likeness (QED) is 0.286. The number of nitrogens with zero attached hydrogens (tertiary/aromatic N) is 3. The van der Waals surface area contributed by atoms with E-state index in [1.165, 1.54) is 5.56 Å². The van der Waals surface area contributed by atoms with Crippen LogP contribution < -0.4 is 9.64 Å². The molecule has 0 spiro atoms. The maximum Gasteiger partial charge on any atom is 0.227 e. The molecule has 1 aliphatic heterocycles. The third kappa shape index (κ3) is 4.67. The van der Waals surface area contributed by atoms with Crippen LogP contribution in [0.1, 0.15) is 30.1 Å². The number of ether oxygens (including phenoxy) is 1. The van der Waals surface area contributed by atoms with Gasteiger partial charge in [-0.25, -0.2) is 4.98 Å². The van der Waals surface area contributed by atoms with E-state index in [0.717, 1.165) is 45.7 Å². The standard InChI is InChI=1S/C27H26BrN3O2/c1-19-10-12-23(13-11-19)33-15-5-14-30-25-9-3-2-8-24(25)29-27(30)20-16-26(32)31(18-20)22-7-4-6-21(28)17-22/h2-4,6-13,17,20H,5,14-16,18H2,1H3. The smallest absolute Gasteiger partial charge is 0.227 e. The monoisotopic (exact) mass is 503 g/mol. The molecule has 0 bridgehead atoms. The average molecular weight is 504 g/mol. The largest absolute Gasteiger partial charge is 0.494 e. The van der Waals surface area contributed by atoms with E-state index in [0.29, 0.717) is 19.6 Å². The van der Waals surface area contributed by atoms with Gasteiger partial charge in [-0.3, -0.25) is 4.79 Å². The van der Waals surface area contributed by atoms with Gasteiger partial charge in [0.1, 0.15) is 11.6 Å². The fourth-order valence-electron chi connectivity index (χ4n) is 4.46. The van der Waals surface area contributed by atoms with Crippen LogP contribution in [-0.4, -0.2) is 28.6 Å². The number of fused-ring (bicyclic) bond motifs is 1. The molecule has 1 fully saturated rings. The molecule has 33 heavy (non-hydrogen) atoms. The van der Waals surface area contributed by atoms with Crippen LogP contribution in [0.2, 0.25) is 0 Å². The van der Waals surface area contributed by atoms with Crippen molar-refractivity contribution >= 4 is 38.6 Å². The highest BCUT2D eigenvalue weighted by Gasteiger charge is 2.34. The first-order valence-corrected chi connectivity index (χ1v) is 12.1. The Labute approximate surface area is 202 Å². The number of benzene rings is 3. The van der Waals surface area contributed by atoms with Crippen molar-refractivity contribution in [1.82, 2.24) is 9.55 Å². The first-order chi connectivity index (χ1) is 16.1. The van der Waals surface area contributed by atoms with Gasteiger partial charge in [0.25, 0.3) is 0 Å². The summed E-state index contributed by atoms with van der Waals surface area (Å²) in [5, 5.41) is 0. The van der Waals surface area contributed by atoms with Gasteiger partial charge < -0.3 is 14.2 Å². The predicted molar refractivity (Wildman–Crippen MR) is 135 cm³/mol. The number of hydrogen-bond donors (Lipinski definition) is 0. The molecule has 5 nitrogen and oxygen atoms in total. The van der Waals surface area contributed by atoms with Crippen molar-refractivity contribution in [2.75, 3.05) is 18.1 Å². The van der Waals surface area contributed by atoms with Crippen molar-refractivity contribution in [2.45, 2.75) is 32.2 Å². The second-order valence-corrected chi connectivity index (χ2v) is 9.43. The van der Waals surface area contributed by atoms with Crippen molar-refractivity contribution in [3.05, 3.63) is 88.7 Å². The maximum absolute atomic E-state index is 12.9. The van der Waals surface area contributed by atoms with Crippen molar-refractivity contribution < 1.29 is 9.53 Å². The summed E-state index contributed by atoms with van der Waals surface area (Å²) in [5.41, 5.74) is 4.22. The predicted octanol–water partition coefficient (Wildman–Crippen LogP) is 6.10. The summed E-state index contributed by atoms with van der Waals surface area (Å²) in [5.74, 6) is 2.07. The lowest BCUT2D eigenvalue weighted by atomic mass is 10.1. The third-order valence-electron chi connectivity index (χ3n) is 6.11. The molecule has 1 atom stereocenters. The number of aryl methyl sites for hydroxylation is 2. The number of rotatable bonds is 7. The highest BCUT2D eigenvalue weighted by atomic mass is 79.9. The Hall–Kier alpha value is -3.12.